The molecule has 0 radical (unpaired) electrons. The highest BCUT2D eigenvalue weighted by Crippen LogP contribution is 2.15. The van der Waals surface area contributed by atoms with Crippen LogP contribution < -0.4 is 0 Å². The Hall–Kier alpha value is -1.15. The van der Waals surface area contributed by atoms with Crippen LogP contribution in [0.2, 0.25) is 0 Å². The lowest BCUT2D eigenvalue weighted by Gasteiger charge is -2.03. The fraction of sp³-hybridized carbons (Fsp3) is 0.400. The molecular formula is C15H19NS. The minimum absolute atomic E-state index is 0.898. The third-order valence-corrected chi connectivity index (χ3v) is 4.01. The Bertz CT molecular complexity index is 438. The molecule has 2 heteroatoms. The molecule has 1 nitrogen and oxygen atoms in total. The van der Waals surface area contributed by atoms with Crippen LogP contribution >= 0.6 is 11.3 Å². The van der Waals surface area contributed by atoms with Gasteiger partial charge in [0.1, 0.15) is 0 Å². The van der Waals surface area contributed by atoms with Gasteiger partial charge in [0.05, 0.1) is 0 Å². The number of aliphatic imine (C=N–C) groups is 1. The standard InChI is InChI=1S/C15H19NS/c1-2-14-8-9-15(17-14)12-16-11-10-13-6-4-3-5-7-13/h4,6-9,12H,2-3,5,10-11H2,1H3. The van der Waals surface area contributed by atoms with Crippen LogP contribution in [-0.4, -0.2) is 12.8 Å². The van der Waals surface area contributed by atoms with E-state index in [9.17, 15) is 0 Å². The van der Waals surface area contributed by atoms with Gasteiger partial charge in [0, 0.05) is 22.5 Å². The third kappa shape index (κ3) is 3.97. The van der Waals surface area contributed by atoms with Crippen LogP contribution in [0.25, 0.3) is 0 Å². The number of aryl methyl sites for hydroxylation is 1. The fourth-order valence-electron chi connectivity index (χ4n) is 1.86. The lowest BCUT2D eigenvalue weighted by Crippen LogP contribution is -1.89. The van der Waals surface area contributed by atoms with E-state index in [1.165, 1.54) is 28.2 Å². The molecule has 0 aliphatic heterocycles. The smallest absolute Gasteiger partial charge is 0.0451 e. The second-order valence-electron chi connectivity index (χ2n) is 4.20. The van der Waals surface area contributed by atoms with Gasteiger partial charge in [-0.15, -0.1) is 11.3 Å². The maximum Gasteiger partial charge on any atom is 0.0451 e. The van der Waals surface area contributed by atoms with E-state index in [1.807, 2.05) is 17.6 Å². The Morgan fingerprint density at radius 1 is 1.35 bits per heavy atom. The van der Waals surface area contributed by atoms with Gasteiger partial charge in [-0.25, -0.2) is 0 Å². The van der Waals surface area contributed by atoms with E-state index in [1.54, 1.807) is 0 Å². The molecular weight excluding hydrogens is 226 g/mol. The molecule has 1 aromatic rings. The van der Waals surface area contributed by atoms with Crippen molar-refractivity contribution in [2.24, 2.45) is 4.99 Å². The van der Waals surface area contributed by atoms with Gasteiger partial charge in [0.25, 0.3) is 0 Å². The first kappa shape index (κ1) is 12.3. The second kappa shape index (κ2) is 6.55. The average molecular weight is 245 g/mol. The molecule has 1 aliphatic carbocycles. The van der Waals surface area contributed by atoms with Gasteiger partial charge in [-0.2, -0.15) is 0 Å². The van der Waals surface area contributed by atoms with Crippen LogP contribution in [-0.2, 0) is 6.42 Å². The van der Waals surface area contributed by atoms with Crippen LogP contribution in [0.1, 0.15) is 35.9 Å². The van der Waals surface area contributed by atoms with Gasteiger partial charge in [0.15, 0.2) is 0 Å². The average Bonchev–Trinajstić information content (AvgIpc) is 2.84. The van der Waals surface area contributed by atoms with Crippen molar-refractivity contribution in [2.45, 2.75) is 32.6 Å². The van der Waals surface area contributed by atoms with Crippen molar-refractivity contribution >= 4 is 17.6 Å². The predicted octanol–water partition coefficient (Wildman–Crippen LogP) is 4.40. The van der Waals surface area contributed by atoms with E-state index in [0.29, 0.717) is 0 Å². The van der Waals surface area contributed by atoms with Crippen molar-refractivity contribution in [3.8, 4) is 0 Å². The molecule has 0 amide bonds. The Kier molecular flexibility index (Phi) is 4.75. The first-order chi connectivity index (χ1) is 8.38. The number of nitrogens with zero attached hydrogens (tertiary/aromatic N) is 1. The molecule has 0 aromatic carbocycles. The van der Waals surface area contributed by atoms with E-state index in [2.05, 4.69) is 42.3 Å². The molecule has 0 saturated heterocycles. The first-order valence-corrected chi connectivity index (χ1v) is 7.14. The van der Waals surface area contributed by atoms with Gasteiger partial charge in [0.2, 0.25) is 0 Å². The first-order valence-electron chi connectivity index (χ1n) is 6.32. The summed E-state index contributed by atoms with van der Waals surface area (Å²) in [4.78, 5) is 7.20. The molecule has 2 rings (SSSR count). The maximum atomic E-state index is 4.49. The number of thiophene rings is 1. The summed E-state index contributed by atoms with van der Waals surface area (Å²) in [7, 11) is 0. The summed E-state index contributed by atoms with van der Waals surface area (Å²) in [5, 5.41) is 0. The topological polar surface area (TPSA) is 12.4 Å². The van der Waals surface area contributed by atoms with E-state index >= 15 is 0 Å². The van der Waals surface area contributed by atoms with Crippen LogP contribution in [0.3, 0.4) is 0 Å². The number of rotatable bonds is 5. The summed E-state index contributed by atoms with van der Waals surface area (Å²) in [5.41, 5.74) is 1.44. The highest BCUT2D eigenvalue weighted by atomic mass is 32.1. The van der Waals surface area contributed by atoms with Crippen molar-refractivity contribution in [3.05, 3.63) is 45.7 Å². The summed E-state index contributed by atoms with van der Waals surface area (Å²) in [6.07, 6.45) is 13.4. The second-order valence-corrected chi connectivity index (χ2v) is 5.40. The highest BCUT2D eigenvalue weighted by molar-refractivity contribution is 7.13. The van der Waals surface area contributed by atoms with Crippen molar-refractivity contribution in [1.29, 1.82) is 0 Å². The molecule has 0 saturated carbocycles. The Morgan fingerprint density at radius 2 is 2.29 bits per heavy atom. The minimum Gasteiger partial charge on any atom is -0.291 e. The lowest BCUT2D eigenvalue weighted by atomic mass is 10.0. The van der Waals surface area contributed by atoms with Gasteiger partial charge in [-0.3, -0.25) is 4.99 Å². The van der Waals surface area contributed by atoms with Gasteiger partial charge < -0.3 is 0 Å². The van der Waals surface area contributed by atoms with Crippen molar-refractivity contribution < 1.29 is 0 Å². The van der Waals surface area contributed by atoms with Gasteiger partial charge >= 0.3 is 0 Å². The van der Waals surface area contributed by atoms with E-state index < -0.39 is 0 Å². The largest absolute Gasteiger partial charge is 0.291 e. The minimum atomic E-state index is 0.898. The summed E-state index contributed by atoms with van der Waals surface area (Å²) < 4.78 is 0. The molecule has 0 bridgehead atoms. The monoisotopic (exact) mass is 245 g/mol. The molecule has 0 unspecified atom stereocenters. The molecule has 1 heterocycles. The molecule has 1 aromatic heterocycles. The Labute approximate surface area is 108 Å². The number of hydrogen-bond donors (Lipinski definition) is 0. The van der Waals surface area contributed by atoms with Crippen LogP contribution in [0.5, 0.6) is 0 Å². The van der Waals surface area contributed by atoms with Gasteiger partial charge in [-0.05, 0) is 37.8 Å². The van der Waals surface area contributed by atoms with Crippen LogP contribution in [0.4, 0.5) is 0 Å². The molecule has 0 fully saturated rings. The molecule has 0 N–H and O–H groups in total. The van der Waals surface area contributed by atoms with E-state index in [0.717, 1.165) is 19.4 Å². The Balaban J connectivity index is 1.77. The summed E-state index contributed by atoms with van der Waals surface area (Å²) in [6.45, 7) is 3.09. The van der Waals surface area contributed by atoms with E-state index in [4.69, 9.17) is 0 Å². The zero-order valence-corrected chi connectivity index (χ0v) is 11.2. The normalized spacial score (nSPS) is 15.5. The maximum absolute atomic E-state index is 4.49. The zero-order valence-electron chi connectivity index (χ0n) is 10.4. The van der Waals surface area contributed by atoms with Gasteiger partial charge in [-0.1, -0.05) is 30.7 Å². The SMILES string of the molecule is CCc1ccc(C=NCCC2=CCCC=C2)s1. The van der Waals surface area contributed by atoms with Crippen molar-refractivity contribution in [3.63, 3.8) is 0 Å². The number of allylic oxidation sites excluding steroid dienone is 3. The summed E-state index contributed by atoms with van der Waals surface area (Å²) in [5.74, 6) is 0. The molecule has 0 atom stereocenters. The quantitative estimate of drug-likeness (QED) is 0.682. The Morgan fingerprint density at radius 3 is 3.00 bits per heavy atom. The summed E-state index contributed by atoms with van der Waals surface area (Å²) >= 11 is 1.84. The van der Waals surface area contributed by atoms with E-state index in [-0.39, 0.29) is 0 Å². The third-order valence-electron chi connectivity index (χ3n) is 2.85. The predicted molar refractivity (Wildman–Crippen MR) is 77.2 cm³/mol. The van der Waals surface area contributed by atoms with Crippen LogP contribution in [0.15, 0.2) is 40.9 Å². The summed E-state index contributed by atoms with van der Waals surface area (Å²) in [6, 6.07) is 4.35. The van der Waals surface area contributed by atoms with Crippen LogP contribution in [0, 0.1) is 0 Å². The molecule has 0 spiro atoms. The highest BCUT2D eigenvalue weighted by Gasteiger charge is 1.97. The zero-order chi connectivity index (χ0) is 11.9. The molecule has 1 aliphatic rings. The fourth-order valence-corrected chi connectivity index (χ4v) is 2.70. The van der Waals surface area contributed by atoms with Crippen molar-refractivity contribution in [2.75, 3.05) is 6.54 Å². The lowest BCUT2D eigenvalue weighted by molar-refractivity contribution is 0.930. The number of hydrogen-bond acceptors (Lipinski definition) is 2. The molecule has 17 heavy (non-hydrogen) atoms. The van der Waals surface area contributed by atoms with Crippen molar-refractivity contribution in [1.82, 2.24) is 0 Å². The molecule has 90 valence electrons.